The average Bonchev–Trinajstić information content (AvgIpc) is 3.36. The van der Waals surface area contributed by atoms with Gasteiger partial charge in [0, 0.05) is 32.2 Å². The van der Waals surface area contributed by atoms with E-state index in [9.17, 15) is 13.6 Å². The van der Waals surface area contributed by atoms with Gasteiger partial charge < -0.3 is 19.9 Å². The third kappa shape index (κ3) is 5.83. The van der Waals surface area contributed by atoms with Crippen LogP contribution in [0.1, 0.15) is 31.7 Å². The molecule has 3 heterocycles. The number of rotatable bonds is 9. The molecule has 0 aliphatic carbocycles. The van der Waals surface area contributed by atoms with Gasteiger partial charge in [-0.05, 0) is 31.5 Å². The number of imidazole rings is 1. The van der Waals surface area contributed by atoms with Gasteiger partial charge in [0.05, 0.1) is 24.2 Å². The molecular weight excluding hydrogens is 504 g/mol. The Bertz CT molecular complexity index is 1420. The first-order valence-corrected chi connectivity index (χ1v) is 13.0. The molecule has 0 radical (unpaired) electrons. The zero-order valence-corrected chi connectivity index (χ0v) is 21.9. The Kier molecular flexibility index (Phi) is 7.97. The molecule has 5 rings (SSSR count). The minimum Gasteiger partial charge on any atom is -0.378 e. The number of para-hydroxylation sites is 2. The highest BCUT2D eigenvalue weighted by Gasteiger charge is 2.25. The van der Waals surface area contributed by atoms with E-state index in [0.29, 0.717) is 56.2 Å². The fourth-order valence-corrected chi connectivity index (χ4v) is 4.67. The summed E-state index contributed by atoms with van der Waals surface area (Å²) in [4.78, 5) is 30.6. The number of nitrogens with zero attached hydrogens (tertiary/aromatic N) is 6. The number of nitrogens with one attached hydrogen (secondary N) is 1. The summed E-state index contributed by atoms with van der Waals surface area (Å²) in [6, 6.07) is 17.7. The Labute approximate surface area is 225 Å². The molecule has 39 heavy (non-hydrogen) atoms. The van der Waals surface area contributed by atoms with E-state index in [1.807, 2.05) is 42.2 Å². The lowest BCUT2D eigenvalue weighted by atomic mass is 10.2. The number of hydrogen-bond acceptors (Lipinski definition) is 7. The number of alkyl halides is 2. The predicted molar refractivity (Wildman–Crippen MR) is 145 cm³/mol. The summed E-state index contributed by atoms with van der Waals surface area (Å²) < 4.78 is 35.1. The number of ether oxygens (including phenoxy) is 1. The van der Waals surface area contributed by atoms with Gasteiger partial charge in [0.2, 0.25) is 11.9 Å². The maximum absolute atomic E-state index is 14.1. The van der Waals surface area contributed by atoms with Gasteiger partial charge >= 0.3 is 0 Å². The van der Waals surface area contributed by atoms with Crippen molar-refractivity contribution < 1.29 is 18.3 Å². The summed E-state index contributed by atoms with van der Waals surface area (Å²) >= 11 is 0. The monoisotopic (exact) mass is 535 g/mol. The van der Waals surface area contributed by atoms with Gasteiger partial charge in [-0.3, -0.25) is 9.36 Å². The summed E-state index contributed by atoms with van der Waals surface area (Å²) in [5.74, 6) is 0.445. The lowest BCUT2D eigenvalue weighted by Crippen LogP contribution is -2.41. The molecule has 1 amide bonds. The Morgan fingerprint density at radius 3 is 2.44 bits per heavy atom. The van der Waals surface area contributed by atoms with Crippen LogP contribution >= 0.6 is 0 Å². The highest BCUT2D eigenvalue weighted by molar-refractivity contribution is 5.84. The van der Waals surface area contributed by atoms with Crippen molar-refractivity contribution in [3.05, 3.63) is 72.1 Å². The van der Waals surface area contributed by atoms with Gasteiger partial charge in [0.25, 0.3) is 6.43 Å². The van der Waals surface area contributed by atoms with Crippen LogP contribution in [0.5, 0.6) is 0 Å². The SMILES string of the molecule is CCN(Cc1ccccc1)C(=O)C(C)Nc1nc(N2CCOCC2)cc(-n2c(C(F)F)nc3ccccc32)n1. The number of likely N-dealkylation sites (N-methyl/N-ethyl adjacent to an activating group) is 1. The standard InChI is InChI=1S/C28H31F2N7O2/c1-3-35(18-20-9-5-4-6-10-20)27(38)19(2)31-28-33-23(36-13-15-39-16-14-36)17-24(34-28)37-22-12-8-7-11-21(22)32-26(37)25(29)30/h4-12,17,19,25H,3,13-16,18H2,1-2H3,(H,31,33,34). The molecule has 11 heteroatoms. The summed E-state index contributed by atoms with van der Waals surface area (Å²) in [6.45, 7) is 6.92. The van der Waals surface area contributed by atoms with E-state index in [1.54, 1.807) is 42.2 Å². The second kappa shape index (κ2) is 11.7. The maximum Gasteiger partial charge on any atom is 0.296 e. The molecule has 1 unspecified atom stereocenters. The van der Waals surface area contributed by atoms with Crippen LogP contribution in [0.15, 0.2) is 60.7 Å². The lowest BCUT2D eigenvalue weighted by molar-refractivity contribution is -0.132. The van der Waals surface area contributed by atoms with Crippen molar-refractivity contribution >= 4 is 28.7 Å². The van der Waals surface area contributed by atoms with Crippen molar-refractivity contribution in [2.75, 3.05) is 43.1 Å². The van der Waals surface area contributed by atoms with Gasteiger partial charge in [0.15, 0.2) is 5.82 Å². The number of anilines is 2. The molecule has 1 fully saturated rings. The van der Waals surface area contributed by atoms with Gasteiger partial charge in [-0.25, -0.2) is 13.8 Å². The quantitative estimate of drug-likeness (QED) is 0.339. The minimum absolute atomic E-state index is 0.121. The molecule has 1 aliphatic rings. The van der Waals surface area contributed by atoms with Crippen LogP contribution in [-0.2, 0) is 16.1 Å². The largest absolute Gasteiger partial charge is 0.378 e. The molecule has 0 saturated carbocycles. The number of fused-ring (bicyclic) bond motifs is 1. The average molecular weight is 536 g/mol. The van der Waals surface area contributed by atoms with E-state index in [1.165, 1.54) is 4.57 Å². The topological polar surface area (TPSA) is 88.4 Å². The third-order valence-corrected chi connectivity index (χ3v) is 6.67. The number of carbonyl (C=O) groups excluding carboxylic acids is 1. The zero-order chi connectivity index (χ0) is 27.4. The van der Waals surface area contributed by atoms with Crippen LogP contribution < -0.4 is 10.2 Å². The molecule has 1 saturated heterocycles. The van der Waals surface area contributed by atoms with Gasteiger partial charge in [0.1, 0.15) is 17.7 Å². The molecular formula is C28H31F2N7O2. The lowest BCUT2D eigenvalue weighted by Gasteiger charge is -2.29. The second-order valence-corrected chi connectivity index (χ2v) is 9.31. The van der Waals surface area contributed by atoms with Crippen molar-refractivity contribution in [3.8, 4) is 5.82 Å². The van der Waals surface area contributed by atoms with E-state index in [-0.39, 0.29) is 17.7 Å². The van der Waals surface area contributed by atoms with E-state index in [0.717, 1.165) is 5.56 Å². The predicted octanol–water partition coefficient (Wildman–Crippen LogP) is 4.44. The van der Waals surface area contributed by atoms with Crippen LogP contribution in [-0.4, -0.2) is 69.2 Å². The van der Waals surface area contributed by atoms with E-state index in [2.05, 4.69) is 20.3 Å². The van der Waals surface area contributed by atoms with Crippen molar-refractivity contribution in [3.63, 3.8) is 0 Å². The minimum atomic E-state index is -2.81. The first-order valence-electron chi connectivity index (χ1n) is 13.0. The molecule has 4 aromatic rings. The number of benzene rings is 2. The smallest absolute Gasteiger partial charge is 0.296 e. The summed E-state index contributed by atoms with van der Waals surface area (Å²) in [5.41, 5.74) is 1.98. The van der Waals surface area contributed by atoms with Crippen molar-refractivity contribution in [2.45, 2.75) is 32.9 Å². The van der Waals surface area contributed by atoms with Crippen molar-refractivity contribution in [2.24, 2.45) is 0 Å². The number of halogens is 2. The number of amides is 1. The highest BCUT2D eigenvalue weighted by atomic mass is 19.3. The fraction of sp³-hybridized carbons (Fsp3) is 0.357. The number of carbonyl (C=O) groups is 1. The van der Waals surface area contributed by atoms with Crippen LogP contribution in [0.2, 0.25) is 0 Å². The van der Waals surface area contributed by atoms with E-state index < -0.39 is 18.3 Å². The molecule has 2 aromatic carbocycles. The Morgan fingerprint density at radius 2 is 1.72 bits per heavy atom. The molecule has 9 nitrogen and oxygen atoms in total. The van der Waals surface area contributed by atoms with Crippen molar-refractivity contribution in [1.29, 1.82) is 0 Å². The van der Waals surface area contributed by atoms with Crippen LogP contribution in [0.4, 0.5) is 20.5 Å². The van der Waals surface area contributed by atoms with Crippen LogP contribution in [0, 0.1) is 0 Å². The molecule has 1 atom stereocenters. The van der Waals surface area contributed by atoms with E-state index in [4.69, 9.17) is 4.74 Å². The molecule has 0 spiro atoms. The Hall–Kier alpha value is -4.12. The van der Waals surface area contributed by atoms with Gasteiger partial charge in [-0.1, -0.05) is 42.5 Å². The van der Waals surface area contributed by atoms with Gasteiger partial charge in [-0.15, -0.1) is 0 Å². The van der Waals surface area contributed by atoms with Gasteiger partial charge in [-0.2, -0.15) is 9.97 Å². The first-order chi connectivity index (χ1) is 18.9. The molecule has 1 N–H and O–H groups in total. The first kappa shape index (κ1) is 26.5. The normalized spacial score (nSPS) is 14.5. The Morgan fingerprint density at radius 1 is 1.03 bits per heavy atom. The second-order valence-electron chi connectivity index (χ2n) is 9.31. The number of morpholine rings is 1. The Balaban J connectivity index is 1.50. The summed E-state index contributed by atoms with van der Waals surface area (Å²) in [5, 5.41) is 3.13. The maximum atomic E-state index is 14.1. The molecule has 2 aromatic heterocycles. The van der Waals surface area contributed by atoms with Crippen molar-refractivity contribution in [1.82, 2.24) is 24.4 Å². The van der Waals surface area contributed by atoms with E-state index >= 15 is 0 Å². The number of aromatic nitrogens is 4. The van der Waals surface area contributed by atoms with Crippen LogP contribution in [0.3, 0.4) is 0 Å². The molecule has 0 bridgehead atoms. The summed E-state index contributed by atoms with van der Waals surface area (Å²) in [7, 11) is 0. The fourth-order valence-electron chi connectivity index (χ4n) is 4.67. The third-order valence-electron chi connectivity index (χ3n) is 6.67. The molecule has 1 aliphatic heterocycles. The summed E-state index contributed by atoms with van der Waals surface area (Å²) in [6.07, 6.45) is -2.81. The van der Waals surface area contributed by atoms with Crippen LogP contribution in [0.25, 0.3) is 16.9 Å². The zero-order valence-electron chi connectivity index (χ0n) is 21.9. The number of hydrogen-bond donors (Lipinski definition) is 1. The highest BCUT2D eigenvalue weighted by Crippen LogP contribution is 2.29. The molecule has 204 valence electrons.